The van der Waals surface area contributed by atoms with Crippen LogP contribution < -0.4 is 49.5 Å². The fourth-order valence-corrected chi connectivity index (χ4v) is 10.7. The van der Waals surface area contributed by atoms with Crippen LogP contribution in [0.1, 0.15) is 126 Å². The van der Waals surface area contributed by atoms with Crippen molar-refractivity contribution < 1.29 is 71.1 Å². The van der Waals surface area contributed by atoms with E-state index >= 15 is 0 Å². The molecule has 0 unspecified atom stereocenters. The molecule has 9 amide bonds. The van der Waals surface area contributed by atoms with Crippen LogP contribution in [0.3, 0.4) is 0 Å². The molecule has 0 aliphatic carbocycles. The van der Waals surface area contributed by atoms with Gasteiger partial charge in [0.25, 0.3) is 23.6 Å². The largest absolute Gasteiger partial charge is 0.370 e. The molecule has 0 fully saturated rings. The van der Waals surface area contributed by atoms with Crippen molar-refractivity contribution in [3.63, 3.8) is 0 Å². The van der Waals surface area contributed by atoms with Crippen LogP contribution in [-0.4, -0.2) is 110 Å². The molecular weight excluding hydrogens is 1320 g/mol. The van der Waals surface area contributed by atoms with E-state index in [1.165, 1.54) is 49.9 Å². The number of hydrogen-bond donors (Lipinski definition) is 9. The number of amides is 9. The first-order valence-electron chi connectivity index (χ1n) is 28.6. The van der Waals surface area contributed by atoms with E-state index in [4.69, 9.17) is 22.9 Å². The van der Waals surface area contributed by atoms with Crippen molar-refractivity contribution in [3.8, 4) is 0 Å². The van der Waals surface area contributed by atoms with Gasteiger partial charge >= 0.3 is 0 Å². The highest BCUT2D eigenvalue weighted by molar-refractivity contribution is 8.15. The number of carbonyl (C=O) groups is 13. The maximum atomic E-state index is 13.5. The van der Waals surface area contributed by atoms with E-state index in [0.29, 0.717) is 48.2 Å². The molecule has 0 radical (unpaired) electrons. The number of aromatic nitrogens is 2. The summed E-state index contributed by atoms with van der Waals surface area (Å²) in [7, 11) is 0. The fourth-order valence-electron chi connectivity index (χ4n) is 7.19. The molecule has 2 heterocycles. The molecule has 0 atom stereocenters. The summed E-state index contributed by atoms with van der Waals surface area (Å²) in [6.07, 6.45) is 5.95. The standard InChI is InChI=1S/C19H19N3O4S.2C16H14FN3O3S.C15H20N2O3S/c1-12(23)22-14-8-6-13(7-9-14)19(26)27-16-5-3-2-4-15(16)18(25)21-11-10-17(20)24;17-11-3-4-13(24-16(23)10-2-1-6-19-9-10)12(8-11)15(22)20-7-5-14(18)21;17-11-3-4-12(15(22)20-7-5-14(18)21)13(8-11)24-16(23)10-2-1-6-19-9-10;1-15(2,3)14(20)21-11-7-5-4-6-10(11)13(19)17-9-8-12(16)18/h2-9H,10-11H2,1H3,(H2,20,24)(H,21,25)(H,22,23);2*1-4,6,8-9H,5,7H2,(H2,18,21)(H,20,22);4-7H,8-9H2,1-3H3,(H2,16,18)(H,17,19). The third-order valence-corrected chi connectivity index (χ3v) is 16.3. The lowest BCUT2D eigenvalue weighted by atomic mass is 10.00. The van der Waals surface area contributed by atoms with Crippen LogP contribution in [0.4, 0.5) is 14.5 Å². The number of rotatable bonds is 24. The van der Waals surface area contributed by atoms with Crippen LogP contribution in [0, 0.1) is 17.0 Å². The second kappa shape index (κ2) is 40.0. The monoisotopic (exact) mass is 1390 g/mol. The van der Waals surface area contributed by atoms with Crippen molar-refractivity contribution in [1.29, 1.82) is 0 Å². The zero-order valence-electron chi connectivity index (χ0n) is 52.1. The Bertz CT molecular complexity index is 3960. The molecule has 0 aliphatic heterocycles. The van der Waals surface area contributed by atoms with Gasteiger partial charge in [0.05, 0.1) is 22.3 Å². The number of halogens is 2. The summed E-state index contributed by atoms with van der Waals surface area (Å²) in [5.74, 6) is -5.24. The van der Waals surface area contributed by atoms with Gasteiger partial charge in [0.15, 0.2) is 5.12 Å². The van der Waals surface area contributed by atoms with E-state index in [9.17, 15) is 71.1 Å². The lowest BCUT2D eigenvalue weighted by molar-refractivity contribution is -0.118. The first kappa shape index (κ1) is 78.0. The summed E-state index contributed by atoms with van der Waals surface area (Å²) in [6, 6.07) is 33.6. The highest BCUT2D eigenvalue weighted by Crippen LogP contribution is 2.33. The Balaban J connectivity index is 0.000000273. The van der Waals surface area contributed by atoms with E-state index in [1.54, 1.807) is 97.1 Å². The minimum Gasteiger partial charge on any atom is -0.370 e. The number of hydrogen-bond acceptors (Lipinski definition) is 19. The van der Waals surface area contributed by atoms with E-state index in [0.717, 1.165) is 65.2 Å². The summed E-state index contributed by atoms with van der Waals surface area (Å²) in [4.78, 5) is 161. The molecule has 7 aromatic rings. The average Bonchev–Trinajstić information content (AvgIpc) is 0.929. The number of nitrogens with zero attached hydrogens (tertiary/aromatic N) is 2. The predicted molar refractivity (Wildman–Crippen MR) is 360 cm³/mol. The van der Waals surface area contributed by atoms with Crippen molar-refractivity contribution in [3.05, 3.63) is 209 Å². The normalized spacial score (nSPS) is 10.4. The van der Waals surface area contributed by atoms with Crippen LogP contribution in [-0.2, 0) is 28.8 Å². The smallest absolute Gasteiger partial charge is 0.252 e. The number of nitrogens with one attached hydrogen (secondary N) is 5. The Labute approximate surface area is 567 Å². The second-order valence-corrected chi connectivity index (χ2v) is 24.8. The molecule has 0 saturated carbocycles. The van der Waals surface area contributed by atoms with Gasteiger partial charge in [-0.15, -0.1) is 0 Å². The summed E-state index contributed by atoms with van der Waals surface area (Å²) in [5.41, 5.74) is 22.3. The van der Waals surface area contributed by atoms with Crippen molar-refractivity contribution in [2.24, 2.45) is 28.3 Å². The highest BCUT2D eigenvalue weighted by Gasteiger charge is 2.25. The maximum Gasteiger partial charge on any atom is 0.252 e. The van der Waals surface area contributed by atoms with E-state index in [1.807, 2.05) is 20.8 Å². The fraction of sp³-hybridized carbons (Fsp3) is 0.197. The minimum absolute atomic E-state index is 0.00989. The van der Waals surface area contributed by atoms with Gasteiger partial charge in [0.2, 0.25) is 44.9 Å². The molecule has 2 aromatic heterocycles. The van der Waals surface area contributed by atoms with Gasteiger partial charge in [0.1, 0.15) is 11.6 Å². The van der Waals surface area contributed by atoms with Gasteiger partial charge < -0.3 is 49.5 Å². The topological polar surface area (TPSA) is 412 Å². The third kappa shape index (κ3) is 28.4. The number of nitrogens with two attached hydrogens (primary N) is 4. The van der Waals surface area contributed by atoms with Crippen LogP contribution in [0.25, 0.3) is 0 Å². The number of primary amides is 4. The lowest BCUT2D eigenvalue weighted by Gasteiger charge is -2.16. The maximum absolute atomic E-state index is 13.5. The summed E-state index contributed by atoms with van der Waals surface area (Å²) in [5, 5.41) is 11.9. The van der Waals surface area contributed by atoms with E-state index in [2.05, 4.69) is 36.6 Å². The summed E-state index contributed by atoms with van der Waals surface area (Å²) < 4.78 is 27.0. The molecule has 24 nitrogen and oxygen atoms in total. The third-order valence-electron chi connectivity index (χ3n) is 11.9. The Hall–Kier alpha value is -10.4. The van der Waals surface area contributed by atoms with E-state index < -0.39 is 52.5 Å². The van der Waals surface area contributed by atoms with Crippen molar-refractivity contribution in [2.75, 3.05) is 31.5 Å². The molecule has 0 bridgehead atoms. The Morgan fingerprint density at radius 1 is 0.406 bits per heavy atom. The van der Waals surface area contributed by atoms with E-state index in [-0.39, 0.29) is 106 Å². The molecule has 96 heavy (non-hydrogen) atoms. The second-order valence-electron chi connectivity index (χ2n) is 20.7. The number of thioether (sulfide) groups is 4. The molecule has 502 valence electrons. The Morgan fingerprint density at radius 2 is 0.771 bits per heavy atom. The quantitative estimate of drug-likeness (QED) is 0.0262. The van der Waals surface area contributed by atoms with Gasteiger partial charge in [-0.25, -0.2) is 8.78 Å². The number of benzene rings is 5. The zero-order valence-corrected chi connectivity index (χ0v) is 55.3. The van der Waals surface area contributed by atoms with Crippen molar-refractivity contribution >= 4 is 126 Å². The molecular formula is C66H67F2N11O13S4. The molecule has 13 N–H and O–H groups in total. The molecule has 5 aromatic carbocycles. The van der Waals surface area contributed by atoms with Crippen LogP contribution >= 0.6 is 47.0 Å². The predicted octanol–water partition coefficient (Wildman–Crippen LogP) is 7.66. The molecule has 7 rings (SSSR count). The Morgan fingerprint density at radius 3 is 1.18 bits per heavy atom. The van der Waals surface area contributed by atoms with Gasteiger partial charge in [-0.2, -0.15) is 0 Å². The van der Waals surface area contributed by atoms with Crippen LogP contribution in [0.2, 0.25) is 0 Å². The van der Waals surface area contributed by atoms with Gasteiger partial charge in [-0.05, 0) is 144 Å². The van der Waals surface area contributed by atoms with Gasteiger partial charge in [-0.3, -0.25) is 72.3 Å². The molecule has 30 heteroatoms. The highest BCUT2D eigenvalue weighted by atomic mass is 32.2. The summed E-state index contributed by atoms with van der Waals surface area (Å²) >= 11 is 3.52. The number of anilines is 1. The number of carbonyl (C=O) groups excluding carboxylic acids is 13. The first-order chi connectivity index (χ1) is 45.5. The Kier molecular flexibility index (Phi) is 32.5. The lowest BCUT2D eigenvalue weighted by Crippen LogP contribution is -2.28. The van der Waals surface area contributed by atoms with Crippen molar-refractivity contribution in [1.82, 2.24) is 31.2 Å². The van der Waals surface area contributed by atoms with Gasteiger partial charge in [-0.1, -0.05) is 56.8 Å². The first-order valence-corrected chi connectivity index (χ1v) is 31.9. The van der Waals surface area contributed by atoms with Crippen LogP contribution in [0.5, 0.6) is 0 Å². The zero-order chi connectivity index (χ0) is 70.9. The average molecular weight is 1390 g/mol. The van der Waals surface area contributed by atoms with Gasteiger partial charge in [0, 0.05) is 131 Å². The van der Waals surface area contributed by atoms with Crippen LogP contribution in [0.15, 0.2) is 178 Å². The summed E-state index contributed by atoms with van der Waals surface area (Å²) in [6.45, 7) is 7.30. The number of pyridine rings is 2. The van der Waals surface area contributed by atoms with Crippen molar-refractivity contribution in [2.45, 2.75) is 73.0 Å². The molecule has 0 spiro atoms. The minimum atomic E-state index is -0.603. The molecule has 0 aliphatic rings. The SMILES string of the molecule is CC(=O)Nc1ccc(C(=O)Sc2ccccc2C(=O)NCCC(N)=O)cc1.CC(C)(C)C(=O)Sc1ccccc1C(=O)NCCC(N)=O.NC(=O)CCNC(=O)c1cc(F)ccc1SC(=O)c1cccnc1.NC(=O)CCNC(=O)c1ccc(F)cc1SC(=O)c1cccnc1. The molecule has 0 saturated heterocycles.